The molecule has 2 fully saturated rings. The molecule has 0 aromatic heterocycles. The maximum Gasteiger partial charge on any atom is 0.123 e. The Balaban J connectivity index is 0.00000147. The van der Waals surface area contributed by atoms with Gasteiger partial charge in [-0.15, -0.1) is 12.4 Å². The first-order valence-corrected chi connectivity index (χ1v) is 7.17. The summed E-state index contributed by atoms with van der Waals surface area (Å²) >= 11 is 0. The van der Waals surface area contributed by atoms with Crippen molar-refractivity contribution in [3.63, 3.8) is 0 Å². The maximum absolute atomic E-state index is 13.5. The van der Waals surface area contributed by atoms with Crippen molar-refractivity contribution >= 4 is 12.4 Å². The zero-order chi connectivity index (χ0) is 13.2. The Morgan fingerprint density at radius 1 is 1.30 bits per heavy atom. The Morgan fingerprint density at radius 2 is 2.00 bits per heavy atom. The molecule has 0 radical (unpaired) electrons. The van der Waals surface area contributed by atoms with E-state index in [1.54, 1.807) is 0 Å². The highest BCUT2D eigenvalue weighted by Crippen LogP contribution is 2.42. The summed E-state index contributed by atoms with van der Waals surface area (Å²) in [5, 5.41) is 13.4. The van der Waals surface area contributed by atoms with Crippen LogP contribution in [0.5, 0.6) is 5.75 Å². The predicted octanol–water partition coefficient (Wildman–Crippen LogP) is 2.70. The zero-order valence-electron chi connectivity index (χ0n) is 11.5. The molecule has 1 aliphatic carbocycles. The Bertz CT molecular complexity index is 447. The van der Waals surface area contributed by atoms with Crippen LogP contribution in [-0.4, -0.2) is 36.2 Å². The van der Waals surface area contributed by atoms with Crippen molar-refractivity contribution in [1.82, 2.24) is 10.2 Å². The maximum atomic E-state index is 13.5. The van der Waals surface area contributed by atoms with E-state index in [1.807, 2.05) is 0 Å². The summed E-state index contributed by atoms with van der Waals surface area (Å²) in [6.45, 7) is 3.87. The van der Waals surface area contributed by atoms with Crippen LogP contribution in [0.3, 0.4) is 0 Å². The lowest BCUT2D eigenvalue weighted by atomic mass is 9.97. The van der Waals surface area contributed by atoms with Gasteiger partial charge in [-0.1, -0.05) is 12.8 Å². The lowest BCUT2D eigenvalue weighted by Gasteiger charge is -2.35. The molecule has 3 rings (SSSR count). The third-order valence-electron chi connectivity index (χ3n) is 4.19. The van der Waals surface area contributed by atoms with Crippen LogP contribution in [0.25, 0.3) is 0 Å². The number of rotatable bonds is 4. The van der Waals surface area contributed by atoms with E-state index in [0.717, 1.165) is 44.1 Å². The molecule has 0 unspecified atom stereocenters. The molecule has 3 nitrogen and oxygen atoms in total. The summed E-state index contributed by atoms with van der Waals surface area (Å²) in [6, 6.07) is 4.47. The second-order valence-electron chi connectivity index (χ2n) is 5.68. The van der Waals surface area contributed by atoms with Crippen molar-refractivity contribution in [2.75, 3.05) is 26.2 Å². The van der Waals surface area contributed by atoms with Crippen molar-refractivity contribution in [3.05, 3.63) is 29.6 Å². The lowest BCUT2D eigenvalue weighted by molar-refractivity contribution is 0.157. The van der Waals surface area contributed by atoms with Gasteiger partial charge in [0.05, 0.1) is 0 Å². The fourth-order valence-electron chi connectivity index (χ4n) is 2.93. The van der Waals surface area contributed by atoms with Gasteiger partial charge in [0.2, 0.25) is 0 Å². The van der Waals surface area contributed by atoms with E-state index >= 15 is 0 Å². The molecule has 2 N–H and O–H groups in total. The Hall–Kier alpha value is -0.840. The summed E-state index contributed by atoms with van der Waals surface area (Å²) < 4.78 is 13.5. The molecular weight excluding hydrogens is 279 g/mol. The van der Waals surface area contributed by atoms with Crippen LogP contribution in [0.4, 0.5) is 4.39 Å². The first kappa shape index (κ1) is 15.5. The van der Waals surface area contributed by atoms with Crippen molar-refractivity contribution in [2.45, 2.75) is 25.3 Å². The molecule has 1 aromatic carbocycles. The Morgan fingerprint density at radius 3 is 2.65 bits per heavy atom. The van der Waals surface area contributed by atoms with Gasteiger partial charge in [0.25, 0.3) is 0 Å². The second kappa shape index (κ2) is 6.74. The van der Waals surface area contributed by atoms with Crippen LogP contribution in [0.15, 0.2) is 18.2 Å². The van der Waals surface area contributed by atoms with Gasteiger partial charge in [-0.05, 0) is 30.5 Å². The minimum atomic E-state index is -0.260. The van der Waals surface area contributed by atoms with E-state index < -0.39 is 0 Å². The van der Waals surface area contributed by atoms with E-state index in [1.165, 1.54) is 31.0 Å². The quantitative estimate of drug-likeness (QED) is 0.897. The van der Waals surface area contributed by atoms with Gasteiger partial charge < -0.3 is 10.4 Å². The highest BCUT2D eigenvalue weighted by molar-refractivity contribution is 5.85. The van der Waals surface area contributed by atoms with Crippen LogP contribution in [0, 0.1) is 11.7 Å². The minimum absolute atomic E-state index is 0. The smallest absolute Gasteiger partial charge is 0.123 e. The van der Waals surface area contributed by atoms with Gasteiger partial charge in [0.15, 0.2) is 0 Å². The van der Waals surface area contributed by atoms with E-state index in [-0.39, 0.29) is 30.0 Å². The SMILES string of the molecule is Cl.Oc1ccc(F)cc1[C@H](CC1CC1)N1CCNCC1. The number of piperazine rings is 1. The van der Waals surface area contributed by atoms with Crippen molar-refractivity contribution in [3.8, 4) is 5.75 Å². The summed E-state index contributed by atoms with van der Waals surface area (Å²) in [6.07, 6.45) is 3.59. The standard InChI is InChI=1S/C15H21FN2O.ClH/c16-12-3-4-15(19)13(10-12)14(9-11-1-2-11)18-7-5-17-6-8-18;/h3-4,10-11,14,17,19H,1-2,5-9H2;1H/t14-;/m0./s1. The largest absolute Gasteiger partial charge is 0.508 e. The van der Waals surface area contributed by atoms with Gasteiger partial charge in [0, 0.05) is 37.8 Å². The van der Waals surface area contributed by atoms with E-state index in [0.29, 0.717) is 0 Å². The minimum Gasteiger partial charge on any atom is -0.508 e. The number of hydrogen-bond acceptors (Lipinski definition) is 3. The van der Waals surface area contributed by atoms with Gasteiger partial charge >= 0.3 is 0 Å². The molecule has 1 atom stereocenters. The molecule has 20 heavy (non-hydrogen) atoms. The van der Waals surface area contributed by atoms with Crippen LogP contribution in [-0.2, 0) is 0 Å². The van der Waals surface area contributed by atoms with Crippen LogP contribution in [0.2, 0.25) is 0 Å². The predicted molar refractivity (Wildman–Crippen MR) is 79.8 cm³/mol. The lowest BCUT2D eigenvalue weighted by Crippen LogP contribution is -2.45. The first-order chi connectivity index (χ1) is 9.24. The summed E-state index contributed by atoms with van der Waals surface area (Å²) in [5.41, 5.74) is 0.758. The first-order valence-electron chi connectivity index (χ1n) is 7.17. The number of benzene rings is 1. The second-order valence-corrected chi connectivity index (χ2v) is 5.68. The van der Waals surface area contributed by atoms with Crippen molar-refractivity contribution in [1.29, 1.82) is 0 Å². The van der Waals surface area contributed by atoms with Crippen LogP contribution in [0.1, 0.15) is 30.9 Å². The number of nitrogens with one attached hydrogen (secondary N) is 1. The summed E-state index contributed by atoms with van der Waals surface area (Å²) in [5.74, 6) is 0.719. The topological polar surface area (TPSA) is 35.5 Å². The van der Waals surface area contributed by atoms with Gasteiger partial charge in [0.1, 0.15) is 11.6 Å². The Kier molecular flexibility index (Phi) is 5.24. The number of hydrogen-bond donors (Lipinski definition) is 2. The molecule has 5 heteroatoms. The number of phenolic OH excluding ortho intramolecular Hbond substituents is 1. The van der Waals surface area contributed by atoms with E-state index in [9.17, 15) is 9.50 Å². The molecule has 0 spiro atoms. The Labute approximate surface area is 125 Å². The van der Waals surface area contributed by atoms with Gasteiger partial charge in [-0.25, -0.2) is 4.39 Å². The van der Waals surface area contributed by atoms with Gasteiger partial charge in [-0.2, -0.15) is 0 Å². The highest BCUT2D eigenvalue weighted by Gasteiger charge is 2.31. The normalized spacial score (nSPS) is 21.2. The molecule has 1 saturated carbocycles. The molecule has 1 heterocycles. The summed E-state index contributed by atoms with van der Waals surface area (Å²) in [4.78, 5) is 2.38. The summed E-state index contributed by atoms with van der Waals surface area (Å²) in [7, 11) is 0. The average Bonchev–Trinajstić information content (AvgIpc) is 3.24. The van der Waals surface area contributed by atoms with E-state index in [4.69, 9.17) is 0 Å². The molecule has 1 aromatic rings. The van der Waals surface area contributed by atoms with Crippen molar-refractivity contribution < 1.29 is 9.50 Å². The fourth-order valence-corrected chi connectivity index (χ4v) is 2.93. The number of phenols is 1. The highest BCUT2D eigenvalue weighted by atomic mass is 35.5. The number of halogens is 2. The van der Waals surface area contributed by atoms with Crippen LogP contribution < -0.4 is 5.32 Å². The molecule has 1 aliphatic heterocycles. The molecule has 0 bridgehead atoms. The molecule has 1 saturated heterocycles. The molecule has 0 amide bonds. The number of nitrogens with zero attached hydrogens (tertiary/aromatic N) is 1. The number of aromatic hydroxyl groups is 1. The van der Waals surface area contributed by atoms with Gasteiger partial charge in [-0.3, -0.25) is 4.90 Å². The molecular formula is C15H22ClFN2O. The molecule has 2 aliphatic rings. The average molecular weight is 301 g/mol. The third kappa shape index (κ3) is 3.62. The van der Waals surface area contributed by atoms with E-state index in [2.05, 4.69) is 10.2 Å². The fraction of sp³-hybridized carbons (Fsp3) is 0.600. The van der Waals surface area contributed by atoms with Crippen LogP contribution >= 0.6 is 12.4 Å². The molecule has 112 valence electrons. The zero-order valence-corrected chi connectivity index (χ0v) is 12.3. The third-order valence-corrected chi connectivity index (χ3v) is 4.19. The monoisotopic (exact) mass is 300 g/mol. The van der Waals surface area contributed by atoms with Crippen molar-refractivity contribution in [2.24, 2.45) is 5.92 Å².